The molecule has 3 nitrogen and oxygen atoms in total. The molecule has 1 rings (SSSR count). The van der Waals surface area contributed by atoms with Crippen LogP contribution in [0.3, 0.4) is 0 Å². The second-order valence-electron chi connectivity index (χ2n) is 3.94. The van der Waals surface area contributed by atoms with Crippen molar-refractivity contribution < 1.29 is 9.47 Å². The molecule has 0 radical (unpaired) electrons. The summed E-state index contributed by atoms with van der Waals surface area (Å²) in [6.45, 7) is 4.91. The van der Waals surface area contributed by atoms with Gasteiger partial charge in [0.15, 0.2) is 6.29 Å². The summed E-state index contributed by atoms with van der Waals surface area (Å²) in [6, 6.07) is 8.83. The van der Waals surface area contributed by atoms with Crippen molar-refractivity contribution in [2.45, 2.75) is 26.2 Å². The minimum atomic E-state index is -0.187. The standard InChI is InChI=1S/C13H21NO2/c1-10-5-7-12(8-6-10)11(2)14-9-13(15-3)16-4/h5-8,11,13-14H,9H2,1-4H3/t11-/m0/s1. The Morgan fingerprint density at radius 3 is 2.19 bits per heavy atom. The lowest BCUT2D eigenvalue weighted by Crippen LogP contribution is -2.31. The normalized spacial score (nSPS) is 13.1. The highest BCUT2D eigenvalue weighted by Gasteiger charge is 2.08. The maximum absolute atomic E-state index is 5.12. The Morgan fingerprint density at radius 1 is 1.12 bits per heavy atom. The molecule has 0 heterocycles. The van der Waals surface area contributed by atoms with E-state index in [1.807, 2.05) is 0 Å². The first-order valence-electron chi connectivity index (χ1n) is 5.53. The van der Waals surface area contributed by atoms with Crippen LogP contribution in [0.4, 0.5) is 0 Å². The summed E-state index contributed by atoms with van der Waals surface area (Å²) in [5.74, 6) is 0. The summed E-state index contributed by atoms with van der Waals surface area (Å²) in [6.07, 6.45) is -0.187. The average Bonchev–Trinajstić information content (AvgIpc) is 2.31. The number of nitrogens with one attached hydrogen (secondary N) is 1. The predicted octanol–water partition coefficient (Wildman–Crippen LogP) is 2.26. The van der Waals surface area contributed by atoms with Crippen molar-refractivity contribution in [1.29, 1.82) is 0 Å². The maximum Gasteiger partial charge on any atom is 0.169 e. The molecule has 1 aromatic rings. The van der Waals surface area contributed by atoms with Gasteiger partial charge in [0.2, 0.25) is 0 Å². The molecule has 0 aromatic heterocycles. The number of hydrogen-bond acceptors (Lipinski definition) is 3. The summed E-state index contributed by atoms with van der Waals surface area (Å²) in [5.41, 5.74) is 2.55. The smallest absolute Gasteiger partial charge is 0.169 e. The van der Waals surface area contributed by atoms with Crippen molar-refractivity contribution in [1.82, 2.24) is 5.32 Å². The van der Waals surface area contributed by atoms with Gasteiger partial charge < -0.3 is 14.8 Å². The third-order valence-electron chi connectivity index (χ3n) is 2.69. The van der Waals surface area contributed by atoms with Gasteiger partial charge in [-0.15, -0.1) is 0 Å². The van der Waals surface area contributed by atoms with E-state index >= 15 is 0 Å². The summed E-state index contributed by atoms with van der Waals surface area (Å²) < 4.78 is 10.2. The highest BCUT2D eigenvalue weighted by molar-refractivity contribution is 5.23. The van der Waals surface area contributed by atoms with Crippen molar-refractivity contribution in [2.75, 3.05) is 20.8 Å². The number of methoxy groups -OCH3 is 2. The van der Waals surface area contributed by atoms with Crippen molar-refractivity contribution in [3.8, 4) is 0 Å². The Bertz CT molecular complexity index is 293. The van der Waals surface area contributed by atoms with E-state index in [1.165, 1.54) is 11.1 Å². The molecule has 0 aliphatic carbocycles. The van der Waals surface area contributed by atoms with E-state index in [4.69, 9.17) is 9.47 Å². The molecular formula is C13H21NO2. The fraction of sp³-hybridized carbons (Fsp3) is 0.538. The average molecular weight is 223 g/mol. The van der Waals surface area contributed by atoms with E-state index in [-0.39, 0.29) is 6.29 Å². The molecule has 0 saturated heterocycles. The van der Waals surface area contributed by atoms with Crippen LogP contribution in [-0.4, -0.2) is 27.1 Å². The quantitative estimate of drug-likeness (QED) is 0.750. The molecule has 0 fully saturated rings. The van der Waals surface area contributed by atoms with Crippen LogP contribution in [0.2, 0.25) is 0 Å². The molecule has 90 valence electrons. The fourth-order valence-electron chi connectivity index (χ4n) is 1.51. The molecule has 0 amide bonds. The first-order valence-corrected chi connectivity index (χ1v) is 5.53. The molecule has 1 atom stereocenters. The summed E-state index contributed by atoms with van der Waals surface area (Å²) in [7, 11) is 3.29. The Kier molecular flexibility index (Phi) is 5.46. The number of ether oxygens (including phenoxy) is 2. The van der Waals surface area contributed by atoms with E-state index < -0.39 is 0 Å². The fourth-order valence-corrected chi connectivity index (χ4v) is 1.51. The zero-order valence-corrected chi connectivity index (χ0v) is 10.5. The van der Waals surface area contributed by atoms with Crippen molar-refractivity contribution >= 4 is 0 Å². The number of benzene rings is 1. The topological polar surface area (TPSA) is 30.5 Å². The van der Waals surface area contributed by atoms with Crippen LogP contribution >= 0.6 is 0 Å². The molecule has 0 spiro atoms. The van der Waals surface area contributed by atoms with Gasteiger partial charge in [0, 0.05) is 26.8 Å². The molecule has 1 aromatic carbocycles. The van der Waals surface area contributed by atoms with Crippen LogP contribution < -0.4 is 5.32 Å². The van der Waals surface area contributed by atoms with E-state index in [0.29, 0.717) is 12.6 Å². The molecule has 0 aliphatic rings. The van der Waals surface area contributed by atoms with Crippen LogP contribution in [0.25, 0.3) is 0 Å². The van der Waals surface area contributed by atoms with Crippen LogP contribution in [-0.2, 0) is 9.47 Å². The van der Waals surface area contributed by atoms with Crippen LogP contribution in [0.5, 0.6) is 0 Å². The van der Waals surface area contributed by atoms with Gasteiger partial charge in [-0.3, -0.25) is 0 Å². The molecule has 0 unspecified atom stereocenters. The van der Waals surface area contributed by atoms with Gasteiger partial charge in [-0.25, -0.2) is 0 Å². The van der Waals surface area contributed by atoms with E-state index in [1.54, 1.807) is 14.2 Å². The predicted molar refractivity (Wildman–Crippen MR) is 65.4 cm³/mol. The number of rotatable bonds is 6. The van der Waals surface area contributed by atoms with Crippen molar-refractivity contribution in [3.05, 3.63) is 35.4 Å². The Morgan fingerprint density at radius 2 is 1.69 bits per heavy atom. The molecule has 0 bridgehead atoms. The zero-order valence-electron chi connectivity index (χ0n) is 10.5. The van der Waals surface area contributed by atoms with E-state index in [9.17, 15) is 0 Å². The summed E-state index contributed by atoms with van der Waals surface area (Å²) >= 11 is 0. The highest BCUT2D eigenvalue weighted by atomic mass is 16.7. The lowest BCUT2D eigenvalue weighted by atomic mass is 10.1. The van der Waals surface area contributed by atoms with Gasteiger partial charge in [-0.1, -0.05) is 29.8 Å². The first-order chi connectivity index (χ1) is 7.67. The van der Waals surface area contributed by atoms with Gasteiger partial charge in [0.1, 0.15) is 0 Å². The SMILES string of the molecule is COC(CN[C@@H](C)c1ccc(C)cc1)OC. The lowest BCUT2D eigenvalue weighted by molar-refractivity contribution is -0.0997. The minimum absolute atomic E-state index is 0.187. The molecule has 0 saturated carbocycles. The molecule has 16 heavy (non-hydrogen) atoms. The highest BCUT2D eigenvalue weighted by Crippen LogP contribution is 2.12. The Labute approximate surface area is 97.8 Å². The van der Waals surface area contributed by atoms with E-state index in [2.05, 4.69) is 43.4 Å². The van der Waals surface area contributed by atoms with Gasteiger partial charge in [0.25, 0.3) is 0 Å². The maximum atomic E-state index is 5.12. The Balaban J connectivity index is 2.46. The second-order valence-corrected chi connectivity index (χ2v) is 3.94. The summed E-state index contributed by atoms with van der Waals surface area (Å²) in [5, 5.41) is 3.37. The largest absolute Gasteiger partial charge is 0.355 e. The number of aryl methyl sites for hydroxylation is 1. The summed E-state index contributed by atoms with van der Waals surface area (Å²) in [4.78, 5) is 0. The van der Waals surface area contributed by atoms with Crippen molar-refractivity contribution in [3.63, 3.8) is 0 Å². The lowest BCUT2D eigenvalue weighted by Gasteiger charge is -2.19. The Hall–Kier alpha value is -0.900. The second kappa shape index (κ2) is 6.63. The van der Waals surface area contributed by atoms with Crippen LogP contribution in [0.15, 0.2) is 24.3 Å². The van der Waals surface area contributed by atoms with Gasteiger partial charge >= 0.3 is 0 Å². The molecule has 1 N–H and O–H groups in total. The van der Waals surface area contributed by atoms with Crippen molar-refractivity contribution in [2.24, 2.45) is 0 Å². The minimum Gasteiger partial charge on any atom is -0.355 e. The van der Waals surface area contributed by atoms with Gasteiger partial charge in [-0.2, -0.15) is 0 Å². The van der Waals surface area contributed by atoms with Crippen LogP contribution in [0, 0.1) is 6.92 Å². The van der Waals surface area contributed by atoms with Crippen LogP contribution in [0.1, 0.15) is 24.1 Å². The third-order valence-corrected chi connectivity index (χ3v) is 2.69. The van der Waals surface area contributed by atoms with Gasteiger partial charge in [0.05, 0.1) is 0 Å². The zero-order chi connectivity index (χ0) is 12.0. The first kappa shape index (κ1) is 13.2. The molecule has 3 heteroatoms. The third kappa shape index (κ3) is 3.93. The molecule has 0 aliphatic heterocycles. The molecular weight excluding hydrogens is 202 g/mol. The van der Waals surface area contributed by atoms with Gasteiger partial charge in [-0.05, 0) is 19.4 Å². The number of hydrogen-bond donors (Lipinski definition) is 1. The van der Waals surface area contributed by atoms with E-state index in [0.717, 1.165) is 0 Å². The monoisotopic (exact) mass is 223 g/mol.